The van der Waals surface area contributed by atoms with Crippen molar-refractivity contribution in [1.82, 2.24) is 25.9 Å². The monoisotopic (exact) mass is 472 g/mol. The predicted octanol–water partition coefficient (Wildman–Crippen LogP) is -0.261. The molecule has 184 valence electrons. The molecular weight excluding hydrogens is 440 g/mol. The summed E-state index contributed by atoms with van der Waals surface area (Å²) in [6.45, 7) is 3.34. The first kappa shape index (κ1) is 26.5. The van der Waals surface area contributed by atoms with Gasteiger partial charge in [0.25, 0.3) is 0 Å². The Labute approximate surface area is 197 Å². The van der Waals surface area contributed by atoms with E-state index < -0.39 is 41.8 Å². The summed E-state index contributed by atoms with van der Waals surface area (Å²) in [6.07, 6.45) is 3.65. The zero-order valence-electron chi connectivity index (χ0n) is 19.3. The molecule has 0 spiro atoms. The molecule has 3 amide bonds. The molecule has 2 rings (SSSR count). The quantitative estimate of drug-likeness (QED) is 0.232. The smallest absolute Gasteiger partial charge is 0.326 e. The molecule has 1 aromatic heterocycles. The third-order valence-electron chi connectivity index (χ3n) is 5.51. The molecule has 0 radical (unpaired) electrons. The zero-order chi connectivity index (χ0) is 25.1. The molecule has 0 aliphatic carbocycles. The number of nitrogens with zero attached hydrogens (tertiary/aromatic N) is 1. The summed E-state index contributed by atoms with van der Waals surface area (Å²) in [6, 6.07) is 5.93. The van der Waals surface area contributed by atoms with E-state index in [9.17, 15) is 24.3 Å². The molecule has 4 unspecified atom stereocenters. The van der Waals surface area contributed by atoms with Crippen molar-refractivity contribution in [2.45, 2.75) is 51.2 Å². The Hall–Kier alpha value is -3.73. The summed E-state index contributed by atoms with van der Waals surface area (Å²) in [4.78, 5) is 56.5. The fraction of sp³-hybridized carbons (Fsp3) is 0.435. The third kappa shape index (κ3) is 8.00. The number of carbonyl (C=O) groups excluding carboxylic acids is 3. The van der Waals surface area contributed by atoms with Crippen molar-refractivity contribution in [3.05, 3.63) is 54.1 Å². The van der Waals surface area contributed by atoms with Gasteiger partial charge in [-0.3, -0.25) is 14.4 Å². The van der Waals surface area contributed by atoms with Crippen LogP contribution in [0.1, 0.15) is 31.5 Å². The van der Waals surface area contributed by atoms with Crippen LogP contribution in [0.5, 0.6) is 0 Å². The number of carbonyl (C=O) groups is 4. The Balaban J connectivity index is 2.17. The lowest BCUT2D eigenvalue weighted by Crippen LogP contribution is -2.58. The molecule has 1 heterocycles. The Morgan fingerprint density at radius 3 is 2.29 bits per heavy atom. The van der Waals surface area contributed by atoms with Gasteiger partial charge < -0.3 is 31.8 Å². The number of hydrogen-bond donors (Lipinski definition) is 6. The van der Waals surface area contributed by atoms with Crippen LogP contribution in [0.3, 0.4) is 0 Å². The van der Waals surface area contributed by atoms with Crippen LogP contribution in [-0.4, -0.2) is 63.4 Å². The first-order chi connectivity index (χ1) is 16.2. The number of amides is 3. The van der Waals surface area contributed by atoms with Crippen LogP contribution >= 0.6 is 0 Å². The van der Waals surface area contributed by atoms with E-state index in [4.69, 9.17) is 5.73 Å². The Kier molecular flexibility index (Phi) is 10.2. The van der Waals surface area contributed by atoms with Gasteiger partial charge in [0.1, 0.15) is 18.1 Å². The summed E-state index contributed by atoms with van der Waals surface area (Å²) in [5, 5.41) is 17.4. The Bertz CT molecular complexity index is 950. The number of benzene rings is 1. The van der Waals surface area contributed by atoms with Crippen molar-refractivity contribution in [2.24, 2.45) is 11.7 Å². The van der Waals surface area contributed by atoms with Gasteiger partial charge in [0, 0.05) is 24.7 Å². The zero-order valence-corrected chi connectivity index (χ0v) is 19.3. The van der Waals surface area contributed by atoms with Crippen molar-refractivity contribution >= 4 is 23.7 Å². The number of H-pyrrole nitrogens is 1. The highest BCUT2D eigenvalue weighted by atomic mass is 16.4. The van der Waals surface area contributed by atoms with Gasteiger partial charge in [0.05, 0.1) is 12.9 Å². The van der Waals surface area contributed by atoms with Crippen LogP contribution in [0.4, 0.5) is 0 Å². The van der Waals surface area contributed by atoms with Crippen LogP contribution in [0.15, 0.2) is 42.9 Å². The number of nitrogens with two attached hydrogens (primary N) is 1. The van der Waals surface area contributed by atoms with Gasteiger partial charge in [0.15, 0.2) is 0 Å². The second-order valence-corrected chi connectivity index (χ2v) is 8.07. The highest BCUT2D eigenvalue weighted by Crippen LogP contribution is 2.11. The lowest BCUT2D eigenvalue weighted by atomic mass is 9.96. The minimum Gasteiger partial charge on any atom is -0.480 e. The maximum atomic E-state index is 13.1. The van der Waals surface area contributed by atoms with Gasteiger partial charge in [-0.15, -0.1) is 0 Å². The number of aromatic amines is 1. The van der Waals surface area contributed by atoms with E-state index in [1.165, 1.54) is 12.5 Å². The first-order valence-corrected chi connectivity index (χ1v) is 11.1. The molecule has 34 heavy (non-hydrogen) atoms. The molecule has 0 fully saturated rings. The lowest BCUT2D eigenvalue weighted by Gasteiger charge is -2.27. The number of carboxylic acids is 1. The van der Waals surface area contributed by atoms with E-state index >= 15 is 0 Å². The van der Waals surface area contributed by atoms with Crippen molar-refractivity contribution < 1.29 is 24.3 Å². The topological polar surface area (TPSA) is 179 Å². The standard InChI is InChI=1S/C23H32N6O5/c1-3-14(2)20(22(32)28-18(23(33)34)10-16-12-25-13-26-16)29-21(31)17(27-19(30)11-24)9-15-7-5-4-6-8-15/h4-8,12-14,17-18,20H,3,9-11,24H2,1-2H3,(H,25,26)(H,27,30)(H,28,32)(H,29,31)(H,33,34). The van der Waals surface area contributed by atoms with E-state index in [2.05, 4.69) is 25.9 Å². The first-order valence-electron chi connectivity index (χ1n) is 11.1. The molecule has 0 aliphatic rings. The van der Waals surface area contributed by atoms with Crippen molar-refractivity contribution in [3.63, 3.8) is 0 Å². The van der Waals surface area contributed by atoms with Crippen LogP contribution in [0.25, 0.3) is 0 Å². The van der Waals surface area contributed by atoms with Gasteiger partial charge in [-0.05, 0) is 11.5 Å². The number of hydrogen-bond acceptors (Lipinski definition) is 6. The summed E-state index contributed by atoms with van der Waals surface area (Å²) in [5.74, 6) is -3.21. The summed E-state index contributed by atoms with van der Waals surface area (Å²) < 4.78 is 0. The highest BCUT2D eigenvalue weighted by molar-refractivity contribution is 5.94. The normalized spacial score (nSPS) is 14.3. The molecule has 2 aromatic rings. The molecule has 0 aliphatic heterocycles. The van der Waals surface area contributed by atoms with Gasteiger partial charge in [-0.1, -0.05) is 50.6 Å². The number of rotatable bonds is 13. The lowest BCUT2D eigenvalue weighted by molar-refractivity contribution is -0.142. The second kappa shape index (κ2) is 13.1. The average Bonchev–Trinajstić information content (AvgIpc) is 3.34. The fourth-order valence-electron chi connectivity index (χ4n) is 3.35. The van der Waals surface area contributed by atoms with E-state index in [1.54, 1.807) is 6.92 Å². The number of aliphatic carboxylic acids is 1. The van der Waals surface area contributed by atoms with E-state index in [1.807, 2.05) is 37.3 Å². The fourth-order valence-corrected chi connectivity index (χ4v) is 3.35. The molecular formula is C23H32N6O5. The van der Waals surface area contributed by atoms with Crippen molar-refractivity contribution in [2.75, 3.05) is 6.54 Å². The van der Waals surface area contributed by atoms with E-state index in [-0.39, 0.29) is 25.3 Å². The molecule has 0 saturated carbocycles. The SMILES string of the molecule is CCC(C)C(NC(=O)C(Cc1ccccc1)NC(=O)CN)C(=O)NC(Cc1cnc[nH]1)C(=O)O. The minimum atomic E-state index is -1.21. The highest BCUT2D eigenvalue weighted by Gasteiger charge is 2.32. The van der Waals surface area contributed by atoms with Crippen LogP contribution in [0, 0.1) is 5.92 Å². The summed E-state index contributed by atoms with van der Waals surface area (Å²) >= 11 is 0. The second-order valence-electron chi connectivity index (χ2n) is 8.07. The van der Waals surface area contributed by atoms with Crippen molar-refractivity contribution in [1.29, 1.82) is 0 Å². The maximum absolute atomic E-state index is 13.1. The molecule has 0 saturated heterocycles. The molecule has 0 bridgehead atoms. The van der Waals surface area contributed by atoms with Crippen molar-refractivity contribution in [3.8, 4) is 0 Å². The molecule has 4 atom stereocenters. The molecule has 7 N–H and O–H groups in total. The number of imidazole rings is 1. The Morgan fingerprint density at radius 1 is 1.03 bits per heavy atom. The number of aromatic nitrogens is 2. The third-order valence-corrected chi connectivity index (χ3v) is 5.51. The molecule has 11 heteroatoms. The van der Waals surface area contributed by atoms with Gasteiger partial charge in [0.2, 0.25) is 17.7 Å². The van der Waals surface area contributed by atoms with Gasteiger partial charge in [-0.25, -0.2) is 9.78 Å². The Morgan fingerprint density at radius 2 is 1.74 bits per heavy atom. The maximum Gasteiger partial charge on any atom is 0.326 e. The summed E-state index contributed by atoms with van der Waals surface area (Å²) in [5.41, 5.74) is 6.76. The van der Waals surface area contributed by atoms with Crippen LogP contribution < -0.4 is 21.7 Å². The average molecular weight is 473 g/mol. The number of carboxylic acid groups (broad SMARTS) is 1. The molecule has 1 aromatic carbocycles. The van der Waals surface area contributed by atoms with Crippen LogP contribution in [-0.2, 0) is 32.0 Å². The van der Waals surface area contributed by atoms with Gasteiger partial charge >= 0.3 is 5.97 Å². The number of nitrogens with one attached hydrogen (secondary N) is 4. The minimum absolute atomic E-state index is 0.00539. The van der Waals surface area contributed by atoms with Gasteiger partial charge in [-0.2, -0.15) is 0 Å². The molecule has 11 nitrogen and oxygen atoms in total. The summed E-state index contributed by atoms with van der Waals surface area (Å²) in [7, 11) is 0. The van der Waals surface area contributed by atoms with E-state index in [0.29, 0.717) is 12.1 Å². The largest absolute Gasteiger partial charge is 0.480 e. The van der Waals surface area contributed by atoms with Crippen LogP contribution in [0.2, 0.25) is 0 Å². The predicted molar refractivity (Wildman–Crippen MR) is 124 cm³/mol. The van der Waals surface area contributed by atoms with E-state index in [0.717, 1.165) is 5.56 Å².